The van der Waals surface area contributed by atoms with E-state index in [0.29, 0.717) is 22.6 Å². The van der Waals surface area contributed by atoms with Gasteiger partial charge < -0.3 is 19.7 Å². The van der Waals surface area contributed by atoms with Crippen LogP contribution in [0.5, 0.6) is 23.0 Å². The maximum atomic E-state index is 10.8. The van der Waals surface area contributed by atoms with Crippen LogP contribution in [0.25, 0.3) is 11.1 Å². The standard InChI is InChI=1S/C22H30O4/c1-21(2,3)15-9-13(25-7)11-17(23)19(15)20-16(22(4,5)6)10-14(26-8)12-18(20)24/h9-12,23-24H,1-8H3. The Morgan fingerprint density at radius 2 is 0.923 bits per heavy atom. The van der Waals surface area contributed by atoms with Gasteiger partial charge in [-0.3, -0.25) is 0 Å². The topological polar surface area (TPSA) is 58.9 Å². The molecule has 4 heteroatoms. The van der Waals surface area contributed by atoms with E-state index in [1.54, 1.807) is 26.4 Å². The van der Waals surface area contributed by atoms with Gasteiger partial charge in [-0.2, -0.15) is 0 Å². The lowest BCUT2D eigenvalue weighted by Crippen LogP contribution is -2.17. The second-order valence-corrected chi connectivity index (χ2v) is 8.64. The highest BCUT2D eigenvalue weighted by molar-refractivity contribution is 5.84. The summed E-state index contributed by atoms with van der Waals surface area (Å²) in [5.74, 6) is 1.34. The Hall–Kier alpha value is -2.36. The number of rotatable bonds is 3. The first-order valence-electron chi connectivity index (χ1n) is 8.73. The zero-order valence-electron chi connectivity index (χ0n) is 17.0. The molecule has 0 amide bonds. The average Bonchev–Trinajstić information content (AvgIpc) is 2.52. The monoisotopic (exact) mass is 358 g/mol. The molecule has 0 atom stereocenters. The van der Waals surface area contributed by atoms with Crippen LogP contribution in [0.4, 0.5) is 0 Å². The highest BCUT2D eigenvalue weighted by Crippen LogP contribution is 2.49. The minimum absolute atomic E-state index is 0.0836. The molecule has 0 aliphatic rings. The third kappa shape index (κ3) is 3.74. The molecular weight excluding hydrogens is 328 g/mol. The van der Waals surface area contributed by atoms with E-state index in [-0.39, 0.29) is 22.3 Å². The Morgan fingerprint density at radius 3 is 1.15 bits per heavy atom. The quantitative estimate of drug-likeness (QED) is 0.774. The first kappa shape index (κ1) is 20.0. The molecule has 0 saturated carbocycles. The number of phenolic OH excluding ortho intramolecular Hbond substituents is 2. The van der Waals surface area contributed by atoms with Crippen molar-refractivity contribution in [3.63, 3.8) is 0 Å². The van der Waals surface area contributed by atoms with E-state index in [9.17, 15) is 10.2 Å². The molecule has 0 aromatic heterocycles. The van der Waals surface area contributed by atoms with Crippen LogP contribution >= 0.6 is 0 Å². The largest absolute Gasteiger partial charge is 0.507 e. The molecule has 2 rings (SSSR count). The Morgan fingerprint density at radius 1 is 0.615 bits per heavy atom. The van der Waals surface area contributed by atoms with E-state index in [1.165, 1.54) is 0 Å². The van der Waals surface area contributed by atoms with E-state index in [4.69, 9.17) is 9.47 Å². The summed E-state index contributed by atoms with van der Waals surface area (Å²) in [5, 5.41) is 21.7. The maximum Gasteiger partial charge on any atom is 0.127 e. The highest BCUT2D eigenvalue weighted by atomic mass is 16.5. The number of phenols is 2. The fourth-order valence-corrected chi connectivity index (χ4v) is 3.15. The van der Waals surface area contributed by atoms with Crippen molar-refractivity contribution in [1.29, 1.82) is 0 Å². The van der Waals surface area contributed by atoms with Crippen molar-refractivity contribution in [3.8, 4) is 34.1 Å². The lowest BCUT2D eigenvalue weighted by molar-refractivity contribution is 0.402. The van der Waals surface area contributed by atoms with Gasteiger partial charge in [-0.15, -0.1) is 0 Å². The Kier molecular flexibility index (Phi) is 5.18. The van der Waals surface area contributed by atoms with Gasteiger partial charge in [0, 0.05) is 23.3 Å². The summed E-state index contributed by atoms with van der Waals surface area (Å²) < 4.78 is 10.7. The average molecular weight is 358 g/mol. The summed E-state index contributed by atoms with van der Waals surface area (Å²) in [6.07, 6.45) is 0. The zero-order valence-corrected chi connectivity index (χ0v) is 17.0. The number of methoxy groups -OCH3 is 2. The second kappa shape index (κ2) is 6.75. The lowest BCUT2D eigenvalue weighted by atomic mass is 9.76. The fraction of sp³-hybridized carbons (Fsp3) is 0.455. The van der Waals surface area contributed by atoms with E-state index >= 15 is 0 Å². The molecule has 0 unspecified atom stereocenters. The number of benzene rings is 2. The maximum absolute atomic E-state index is 10.8. The van der Waals surface area contributed by atoms with Crippen molar-refractivity contribution >= 4 is 0 Å². The van der Waals surface area contributed by atoms with Gasteiger partial charge in [0.25, 0.3) is 0 Å². The predicted octanol–water partition coefficient (Wildman–Crippen LogP) is 5.38. The Bertz CT molecular complexity index is 739. The molecule has 2 aromatic carbocycles. The molecule has 0 fully saturated rings. The van der Waals surface area contributed by atoms with Crippen LogP contribution in [0.2, 0.25) is 0 Å². The summed E-state index contributed by atoms with van der Waals surface area (Å²) in [5.41, 5.74) is 2.54. The molecule has 0 radical (unpaired) electrons. The van der Waals surface area contributed by atoms with Crippen LogP contribution in [-0.4, -0.2) is 24.4 Å². The van der Waals surface area contributed by atoms with Gasteiger partial charge in [-0.25, -0.2) is 0 Å². The highest BCUT2D eigenvalue weighted by Gasteiger charge is 2.30. The summed E-state index contributed by atoms with van der Waals surface area (Å²) in [6.45, 7) is 12.4. The summed E-state index contributed by atoms with van der Waals surface area (Å²) in [4.78, 5) is 0. The minimum Gasteiger partial charge on any atom is -0.507 e. The van der Waals surface area contributed by atoms with Crippen molar-refractivity contribution in [3.05, 3.63) is 35.4 Å². The van der Waals surface area contributed by atoms with Crippen molar-refractivity contribution in [2.24, 2.45) is 0 Å². The van der Waals surface area contributed by atoms with E-state index in [2.05, 4.69) is 41.5 Å². The smallest absolute Gasteiger partial charge is 0.127 e. The number of hydrogen-bond donors (Lipinski definition) is 2. The Labute approximate surface area is 156 Å². The Balaban J connectivity index is 2.97. The molecule has 2 N–H and O–H groups in total. The number of ether oxygens (including phenoxy) is 2. The van der Waals surface area contributed by atoms with Crippen LogP contribution in [0.1, 0.15) is 52.7 Å². The van der Waals surface area contributed by atoms with Crippen molar-refractivity contribution in [1.82, 2.24) is 0 Å². The van der Waals surface area contributed by atoms with Crippen LogP contribution in [-0.2, 0) is 10.8 Å². The van der Waals surface area contributed by atoms with Crippen LogP contribution in [0.15, 0.2) is 24.3 Å². The van der Waals surface area contributed by atoms with Crippen molar-refractivity contribution in [2.45, 2.75) is 52.4 Å². The normalized spacial score (nSPS) is 12.2. The third-order valence-corrected chi connectivity index (χ3v) is 4.52. The van der Waals surface area contributed by atoms with Gasteiger partial charge in [0.05, 0.1) is 14.2 Å². The first-order valence-corrected chi connectivity index (χ1v) is 8.73. The van der Waals surface area contributed by atoms with Gasteiger partial charge in [-0.05, 0) is 34.1 Å². The van der Waals surface area contributed by atoms with Gasteiger partial charge in [0.2, 0.25) is 0 Å². The van der Waals surface area contributed by atoms with Crippen molar-refractivity contribution < 1.29 is 19.7 Å². The molecule has 0 aliphatic carbocycles. The molecule has 26 heavy (non-hydrogen) atoms. The van der Waals surface area contributed by atoms with Crippen LogP contribution in [0.3, 0.4) is 0 Å². The van der Waals surface area contributed by atoms with Crippen LogP contribution in [0, 0.1) is 0 Å². The molecule has 2 aromatic rings. The fourth-order valence-electron chi connectivity index (χ4n) is 3.15. The van der Waals surface area contributed by atoms with Crippen LogP contribution < -0.4 is 9.47 Å². The van der Waals surface area contributed by atoms with Gasteiger partial charge in [0.15, 0.2) is 0 Å². The minimum atomic E-state index is -0.261. The van der Waals surface area contributed by atoms with Gasteiger partial charge >= 0.3 is 0 Å². The molecule has 0 heterocycles. The molecule has 0 aliphatic heterocycles. The summed E-state index contributed by atoms with van der Waals surface area (Å²) >= 11 is 0. The molecule has 0 saturated heterocycles. The molecule has 4 nitrogen and oxygen atoms in total. The molecule has 142 valence electrons. The first-order chi connectivity index (χ1) is 11.9. The van der Waals surface area contributed by atoms with Crippen molar-refractivity contribution in [2.75, 3.05) is 14.2 Å². The van der Waals surface area contributed by atoms with E-state index < -0.39 is 0 Å². The molecular formula is C22H30O4. The lowest BCUT2D eigenvalue weighted by Gasteiger charge is -2.29. The predicted molar refractivity (Wildman–Crippen MR) is 106 cm³/mol. The van der Waals surface area contributed by atoms with E-state index in [1.807, 2.05) is 12.1 Å². The SMILES string of the molecule is COc1cc(O)c(-c2c(O)cc(OC)cc2C(C)(C)C)c(C(C)(C)C)c1. The second-order valence-electron chi connectivity index (χ2n) is 8.64. The van der Waals surface area contributed by atoms with E-state index in [0.717, 1.165) is 11.1 Å². The molecule has 0 bridgehead atoms. The van der Waals surface area contributed by atoms with Gasteiger partial charge in [-0.1, -0.05) is 41.5 Å². The summed E-state index contributed by atoms with van der Waals surface area (Å²) in [7, 11) is 3.15. The third-order valence-electron chi connectivity index (χ3n) is 4.52. The number of hydrogen-bond acceptors (Lipinski definition) is 4. The summed E-state index contributed by atoms with van der Waals surface area (Å²) in [6, 6.07) is 7.01. The zero-order chi connectivity index (χ0) is 19.9. The number of aromatic hydroxyl groups is 2. The molecule has 0 spiro atoms. The van der Waals surface area contributed by atoms with Gasteiger partial charge in [0.1, 0.15) is 23.0 Å².